The highest BCUT2D eigenvalue weighted by Crippen LogP contribution is 2.44. The Balaban J connectivity index is 1.55. The van der Waals surface area contributed by atoms with Crippen LogP contribution in [0.2, 0.25) is 0 Å². The number of hydrogen-bond acceptors (Lipinski definition) is 6. The molecule has 0 spiro atoms. The van der Waals surface area contributed by atoms with Crippen LogP contribution in [0.25, 0.3) is 0 Å². The minimum absolute atomic E-state index is 0.0704. The molecular formula is C30H30O7. The summed E-state index contributed by atoms with van der Waals surface area (Å²) in [4.78, 5) is 23.5. The normalized spacial score (nSPS) is 25.4. The van der Waals surface area contributed by atoms with Crippen LogP contribution in [0.1, 0.15) is 30.5 Å². The molecule has 2 unspecified atom stereocenters. The van der Waals surface area contributed by atoms with Crippen molar-refractivity contribution in [2.75, 3.05) is 6.61 Å². The van der Waals surface area contributed by atoms with Crippen LogP contribution in [0, 0.1) is 5.92 Å². The molecule has 3 aromatic rings. The Bertz CT molecular complexity index is 1120. The van der Waals surface area contributed by atoms with Gasteiger partial charge in [-0.1, -0.05) is 91.0 Å². The number of ether oxygens (including phenoxy) is 4. The molecule has 37 heavy (non-hydrogen) atoms. The van der Waals surface area contributed by atoms with Gasteiger partial charge in [0.05, 0.1) is 6.61 Å². The molecule has 7 nitrogen and oxygen atoms in total. The van der Waals surface area contributed by atoms with Crippen molar-refractivity contribution in [1.82, 2.24) is 0 Å². The monoisotopic (exact) mass is 502 g/mol. The summed E-state index contributed by atoms with van der Waals surface area (Å²) in [6.45, 7) is 3.60. The van der Waals surface area contributed by atoms with E-state index in [1.54, 1.807) is 13.8 Å². The fourth-order valence-electron chi connectivity index (χ4n) is 5.39. The molecule has 0 aliphatic carbocycles. The second-order valence-corrected chi connectivity index (χ2v) is 9.79. The van der Waals surface area contributed by atoms with Crippen LogP contribution in [0.5, 0.6) is 0 Å². The number of carbonyl (C=O) groups is 2. The largest absolute Gasteiger partial charge is 0.481 e. The first-order valence-corrected chi connectivity index (χ1v) is 12.4. The van der Waals surface area contributed by atoms with Crippen LogP contribution in [0.4, 0.5) is 0 Å². The van der Waals surface area contributed by atoms with Crippen molar-refractivity contribution in [3.63, 3.8) is 0 Å². The Morgan fingerprint density at radius 3 is 1.78 bits per heavy atom. The topological polar surface area (TPSA) is 91.3 Å². The second kappa shape index (κ2) is 10.2. The Labute approximate surface area is 215 Å². The van der Waals surface area contributed by atoms with E-state index in [1.165, 1.54) is 0 Å². The zero-order valence-corrected chi connectivity index (χ0v) is 20.7. The number of carboxylic acid groups (broad SMARTS) is 1. The van der Waals surface area contributed by atoms with Crippen LogP contribution >= 0.6 is 0 Å². The van der Waals surface area contributed by atoms with E-state index in [0.29, 0.717) is 6.29 Å². The maximum atomic E-state index is 11.8. The van der Waals surface area contributed by atoms with Gasteiger partial charge in [0.25, 0.3) is 0 Å². The molecule has 192 valence electrons. The first kappa shape index (κ1) is 25.3. The highest BCUT2D eigenvalue weighted by atomic mass is 16.8. The summed E-state index contributed by atoms with van der Waals surface area (Å²) < 4.78 is 25.2. The first-order chi connectivity index (χ1) is 17.9. The van der Waals surface area contributed by atoms with Gasteiger partial charge in [-0.15, -0.1) is 0 Å². The van der Waals surface area contributed by atoms with E-state index in [0.717, 1.165) is 16.7 Å². The van der Waals surface area contributed by atoms with Gasteiger partial charge in [0, 0.05) is 0 Å². The third kappa shape index (κ3) is 4.71. The zero-order valence-electron chi connectivity index (χ0n) is 20.7. The quantitative estimate of drug-likeness (QED) is 0.267. The Kier molecular flexibility index (Phi) is 6.96. The summed E-state index contributed by atoms with van der Waals surface area (Å²) in [5, 5.41) is 9.64. The summed E-state index contributed by atoms with van der Waals surface area (Å²) in [6.07, 6.45) is -2.56. The van der Waals surface area contributed by atoms with Gasteiger partial charge >= 0.3 is 5.97 Å². The van der Waals surface area contributed by atoms with Crippen molar-refractivity contribution >= 4 is 12.3 Å². The Morgan fingerprint density at radius 2 is 1.35 bits per heavy atom. The SMILES string of the molecule is CC1(C)O[C@@H]2[C@@H](COC(c3ccccc3)(c3ccccc3)c3ccccc3)OC(C(C=O)C(=O)O)[C@@H]2O1. The molecule has 0 radical (unpaired) electrons. The highest BCUT2D eigenvalue weighted by molar-refractivity contribution is 5.87. The van der Waals surface area contributed by atoms with Crippen molar-refractivity contribution < 1.29 is 33.6 Å². The van der Waals surface area contributed by atoms with Crippen molar-refractivity contribution in [3.8, 4) is 0 Å². The fourth-order valence-corrected chi connectivity index (χ4v) is 5.39. The third-order valence-corrected chi connectivity index (χ3v) is 6.98. The van der Waals surface area contributed by atoms with Crippen molar-refractivity contribution in [1.29, 1.82) is 0 Å². The summed E-state index contributed by atoms with van der Waals surface area (Å²) in [5.41, 5.74) is 1.81. The van der Waals surface area contributed by atoms with E-state index < -0.39 is 47.7 Å². The standard InChI is InChI=1S/C30H30O7/c1-29(2)36-26-24(35-25(27(26)37-29)23(18-31)28(32)33)19-34-30(20-12-6-3-7-13-20,21-14-8-4-9-15-21)22-16-10-5-11-17-22/h3-18,23-27H,19H2,1-2H3,(H,32,33)/t23?,24-,25?,26-,27+/m1/s1. The lowest BCUT2D eigenvalue weighted by molar-refractivity contribution is -0.202. The second-order valence-electron chi connectivity index (χ2n) is 9.79. The van der Waals surface area contributed by atoms with Crippen molar-refractivity contribution in [2.24, 2.45) is 5.92 Å². The fraction of sp³-hybridized carbons (Fsp3) is 0.333. The van der Waals surface area contributed by atoms with Gasteiger partial charge < -0.3 is 28.8 Å². The van der Waals surface area contributed by atoms with Crippen LogP contribution in [-0.4, -0.2) is 54.2 Å². The van der Waals surface area contributed by atoms with Crippen LogP contribution < -0.4 is 0 Å². The molecule has 0 aromatic heterocycles. The zero-order chi connectivity index (χ0) is 26.0. The summed E-state index contributed by atoms with van der Waals surface area (Å²) >= 11 is 0. The lowest BCUT2D eigenvalue weighted by Crippen LogP contribution is -2.40. The van der Waals surface area contributed by atoms with Crippen LogP contribution in [-0.2, 0) is 34.1 Å². The van der Waals surface area contributed by atoms with E-state index in [4.69, 9.17) is 18.9 Å². The molecule has 2 fully saturated rings. The third-order valence-electron chi connectivity index (χ3n) is 6.98. The predicted molar refractivity (Wildman–Crippen MR) is 135 cm³/mol. The van der Waals surface area contributed by atoms with Gasteiger partial charge in [-0.2, -0.15) is 0 Å². The van der Waals surface area contributed by atoms with Gasteiger partial charge in [-0.05, 0) is 30.5 Å². The predicted octanol–water partition coefficient (Wildman–Crippen LogP) is 4.18. The average molecular weight is 503 g/mol. The summed E-state index contributed by atoms with van der Waals surface area (Å²) in [7, 11) is 0. The average Bonchev–Trinajstić information content (AvgIpc) is 3.40. The number of rotatable bonds is 9. The van der Waals surface area contributed by atoms with Gasteiger partial charge in [-0.25, -0.2) is 0 Å². The number of benzene rings is 3. The van der Waals surface area contributed by atoms with E-state index >= 15 is 0 Å². The van der Waals surface area contributed by atoms with Crippen LogP contribution in [0.15, 0.2) is 91.0 Å². The van der Waals surface area contributed by atoms with Gasteiger partial charge in [0.15, 0.2) is 5.79 Å². The number of fused-ring (bicyclic) bond motifs is 1. The molecule has 1 N–H and O–H groups in total. The van der Waals surface area contributed by atoms with Crippen molar-refractivity contribution in [2.45, 2.75) is 49.7 Å². The molecule has 2 saturated heterocycles. The summed E-state index contributed by atoms with van der Waals surface area (Å²) in [6, 6.07) is 29.8. The smallest absolute Gasteiger partial charge is 0.316 e. The Morgan fingerprint density at radius 1 is 0.892 bits per heavy atom. The molecule has 3 aromatic carbocycles. The molecule has 5 rings (SSSR count). The molecule has 2 heterocycles. The van der Waals surface area contributed by atoms with E-state index in [9.17, 15) is 14.7 Å². The molecule has 2 aliphatic rings. The minimum atomic E-state index is -1.38. The number of hydrogen-bond donors (Lipinski definition) is 1. The van der Waals surface area contributed by atoms with Crippen LogP contribution in [0.3, 0.4) is 0 Å². The molecule has 5 atom stereocenters. The number of carbonyl (C=O) groups excluding carboxylic acids is 1. The molecular weight excluding hydrogens is 472 g/mol. The van der Waals surface area contributed by atoms with Gasteiger partial charge in [-0.3, -0.25) is 4.79 Å². The van der Waals surface area contributed by atoms with E-state index in [2.05, 4.69) is 0 Å². The molecule has 7 heteroatoms. The maximum absolute atomic E-state index is 11.8. The molecule has 0 bridgehead atoms. The maximum Gasteiger partial charge on any atom is 0.316 e. The van der Waals surface area contributed by atoms with Crippen molar-refractivity contribution in [3.05, 3.63) is 108 Å². The minimum Gasteiger partial charge on any atom is -0.481 e. The highest BCUT2D eigenvalue weighted by Gasteiger charge is 2.58. The molecule has 0 amide bonds. The van der Waals surface area contributed by atoms with Gasteiger partial charge in [0.2, 0.25) is 0 Å². The lowest BCUT2D eigenvalue weighted by atomic mass is 9.80. The van der Waals surface area contributed by atoms with E-state index in [-0.39, 0.29) is 6.61 Å². The number of aldehydes is 1. The molecule has 2 aliphatic heterocycles. The Hall–Kier alpha value is -3.36. The number of aliphatic carboxylic acids is 1. The summed E-state index contributed by atoms with van der Waals surface area (Å²) in [5.74, 6) is -3.59. The first-order valence-electron chi connectivity index (χ1n) is 12.4. The van der Waals surface area contributed by atoms with E-state index in [1.807, 2.05) is 91.0 Å². The number of carboxylic acids is 1. The molecule has 0 saturated carbocycles. The lowest BCUT2D eigenvalue weighted by Gasteiger charge is -2.37. The van der Waals surface area contributed by atoms with Gasteiger partial charge in [0.1, 0.15) is 42.2 Å².